The molecule has 38 heavy (non-hydrogen) atoms. The van der Waals surface area contributed by atoms with E-state index in [-0.39, 0.29) is 18.0 Å². The number of anilines is 1. The first-order valence-corrected chi connectivity index (χ1v) is 13.4. The number of carbonyl (C=O) groups excluding carboxylic acids is 1. The van der Waals surface area contributed by atoms with E-state index in [1.54, 1.807) is 6.20 Å². The number of aromatic nitrogens is 2. The Morgan fingerprint density at radius 2 is 1.82 bits per heavy atom. The molecule has 3 heterocycles. The lowest BCUT2D eigenvalue weighted by atomic mass is 9.96. The zero-order valence-electron chi connectivity index (χ0n) is 21.6. The van der Waals surface area contributed by atoms with E-state index in [1.165, 1.54) is 0 Å². The van der Waals surface area contributed by atoms with Crippen LogP contribution in [0.2, 0.25) is 5.02 Å². The molecule has 194 valence electrons. The lowest BCUT2D eigenvalue weighted by molar-refractivity contribution is -0.116. The molecule has 1 aliphatic heterocycles. The predicted molar refractivity (Wildman–Crippen MR) is 157 cm³/mol. The average Bonchev–Trinajstić information content (AvgIpc) is 3.39. The number of thiocarbonyl (C=S) groups is 1. The van der Waals surface area contributed by atoms with Crippen molar-refractivity contribution in [1.29, 1.82) is 0 Å². The molecular formula is C30H30ClN5OS. The van der Waals surface area contributed by atoms with E-state index in [4.69, 9.17) is 23.8 Å². The van der Waals surface area contributed by atoms with Gasteiger partial charge in [0.2, 0.25) is 5.91 Å². The maximum atomic E-state index is 12.8. The molecule has 2 aromatic heterocycles. The van der Waals surface area contributed by atoms with Crippen molar-refractivity contribution >= 4 is 40.5 Å². The van der Waals surface area contributed by atoms with E-state index in [2.05, 4.69) is 51.9 Å². The fraction of sp³-hybridized carbons (Fsp3) is 0.233. The van der Waals surface area contributed by atoms with Crippen molar-refractivity contribution < 1.29 is 4.79 Å². The topological polar surface area (TPSA) is 62.2 Å². The van der Waals surface area contributed by atoms with Gasteiger partial charge in [0, 0.05) is 46.9 Å². The summed E-state index contributed by atoms with van der Waals surface area (Å²) in [6.07, 6.45) is 2.10. The maximum Gasteiger partial charge on any atom is 0.226 e. The minimum absolute atomic E-state index is 0.0564. The summed E-state index contributed by atoms with van der Waals surface area (Å²) in [7, 11) is 0. The summed E-state index contributed by atoms with van der Waals surface area (Å²) in [6.45, 7) is 6.79. The number of nitrogens with zero attached hydrogens (tertiary/aromatic N) is 3. The number of aryl methyl sites for hydroxylation is 2. The van der Waals surface area contributed by atoms with Gasteiger partial charge in [0.25, 0.3) is 0 Å². The van der Waals surface area contributed by atoms with E-state index in [0.717, 1.165) is 39.6 Å². The van der Waals surface area contributed by atoms with Crippen LogP contribution in [0.4, 0.5) is 5.69 Å². The first-order chi connectivity index (χ1) is 18.3. The zero-order chi connectivity index (χ0) is 26.8. The van der Waals surface area contributed by atoms with Gasteiger partial charge in [-0.15, -0.1) is 0 Å². The molecule has 5 rings (SSSR count). The molecule has 1 fully saturated rings. The second-order valence-electron chi connectivity index (χ2n) is 9.58. The van der Waals surface area contributed by atoms with Crippen molar-refractivity contribution in [3.05, 3.63) is 112 Å². The van der Waals surface area contributed by atoms with Crippen molar-refractivity contribution in [2.75, 3.05) is 11.9 Å². The molecule has 8 heteroatoms. The monoisotopic (exact) mass is 543 g/mol. The number of para-hydroxylation sites is 1. The molecule has 0 unspecified atom stereocenters. The molecule has 0 aliphatic carbocycles. The van der Waals surface area contributed by atoms with Crippen LogP contribution >= 0.6 is 23.8 Å². The number of pyridine rings is 1. The second kappa shape index (κ2) is 11.0. The van der Waals surface area contributed by atoms with Crippen LogP contribution in [-0.4, -0.2) is 32.0 Å². The van der Waals surface area contributed by atoms with Crippen LogP contribution in [0.15, 0.2) is 79.0 Å². The summed E-state index contributed by atoms with van der Waals surface area (Å²) in [5.41, 5.74) is 7.20. The van der Waals surface area contributed by atoms with E-state index in [9.17, 15) is 4.79 Å². The minimum atomic E-state index is -0.157. The summed E-state index contributed by atoms with van der Waals surface area (Å²) in [5.74, 6) is -0.0564. The van der Waals surface area contributed by atoms with Crippen LogP contribution in [0.1, 0.15) is 46.7 Å². The van der Waals surface area contributed by atoms with E-state index >= 15 is 0 Å². The fourth-order valence-electron chi connectivity index (χ4n) is 5.23. The molecule has 0 saturated carbocycles. The van der Waals surface area contributed by atoms with Crippen molar-refractivity contribution in [2.24, 2.45) is 0 Å². The quantitative estimate of drug-likeness (QED) is 0.262. The standard InChI is InChI=1S/C30H30ClN5OS/c1-19-12-13-22(31)18-26(19)36-20(2)17-24(21(36)3)29-28(25-11-7-8-15-32-25)34-30(38)35(29)16-14-27(37)33-23-9-5-4-6-10-23/h4-13,15,17-18,28-29H,14,16H2,1-3H3,(H,33,37)(H,34,38)/t28-,29+/m1/s1. The Kier molecular flexibility index (Phi) is 7.49. The Hall–Kier alpha value is -3.68. The first-order valence-electron chi connectivity index (χ1n) is 12.6. The van der Waals surface area contributed by atoms with Gasteiger partial charge in [-0.25, -0.2) is 0 Å². The molecule has 4 aromatic rings. The van der Waals surface area contributed by atoms with E-state index in [1.807, 2.05) is 66.7 Å². The third-order valence-electron chi connectivity index (χ3n) is 7.04. The summed E-state index contributed by atoms with van der Waals surface area (Å²) in [4.78, 5) is 19.6. The molecule has 1 saturated heterocycles. The number of hydrogen-bond donors (Lipinski definition) is 2. The Bertz CT molecular complexity index is 1470. The third kappa shape index (κ3) is 5.17. The molecule has 1 amide bonds. The Morgan fingerprint density at radius 1 is 1.05 bits per heavy atom. The Morgan fingerprint density at radius 3 is 2.55 bits per heavy atom. The van der Waals surface area contributed by atoms with Gasteiger partial charge in [0.15, 0.2) is 5.11 Å². The highest BCUT2D eigenvalue weighted by Crippen LogP contribution is 2.41. The number of amides is 1. The molecule has 2 aromatic carbocycles. The molecule has 1 aliphatic rings. The van der Waals surface area contributed by atoms with Gasteiger partial charge in [0.1, 0.15) is 0 Å². The molecule has 2 atom stereocenters. The van der Waals surface area contributed by atoms with Crippen molar-refractivity contribution in [1.82, 2.24) is 19.8 Å². The summed E-state index contributed by atoms with van der Waals surface area (Å²) >= 11 is 12.2. The SMILES string of the molecule is Cc1ccc(Cl)cc1-n1c(C)cc([C@H]2[C@@H](c3ccccn3)NC(=S)N2CCC(=O)Nc2ccccc2)c1C. The van der Waals surface area contributed by atoms with Gasteiger partial charge in [-0.1, -0.05) is 41.9 Å². The normalized spacial score (nSPS) is 16.9. The molecule has 6 nitrogen and oxygen atoms in total. The Balaban J connectivity index is 1.50. The zero-order valence-corrected chi connectivity index (χ0v) is 23.2. The third-order valence-corrected chi connectivity index (χ3v) is 7.62. The van der Waals surface area contributed by atoms with Crippen LogP contribution in [0.25, 0.3) is 5.69 Å². The van der Waals surface area contributed by atoms with Crippen molar-refractivity contribution in [2.45, 2.75) is 39.3 Å². The number of benzene rings is 2. The molecule has 0 bridgehead atoms. The summed E-state index contributed by atoms with van der Waals surface area (Å²) in [6, 6.07) is 23.3. The Labute approximate surface area is 233 Å². The summed E-state index contributed by atoms with van der Waals surface area (Å²) in [5, 5.41) is 7.78. The highest BCUT2D eigenvalue weighted by Gasteiger charge is 2.41. The summed E-state index contributed by atoms with van der Waals surface area (Å²) < 4.78 is 2.24. The van der Waals surface area contributed by atoms with Crippen LogP contribution < -0.4 is 10.6 Å². The molecule has 2 N–H and O–H groups in total. The number of nitrogens with one attached hydrogen (secondary N) is 2. The van der Waals surface area contributed by atoms with Crippen molar-refractivity contribution in [3.63, 3.8) is 0 Å². The molecular weight excluding hydrogens is 514 g/mol. The number of hydrogen-bond acceptors (Lipinski definition) is 3. The van der Waals surface area contributed by atoms with Gasteiger partial charge < -0.3 is 20.1 Å². The van der Waals surface area contributed by atoms with Gasteiger partial charge >= 0.3 is 0 Å². The van der Waals surface area contributed by atoms with E-state index < -0.39 is 0 Å². The van der Waals surface area contributed by atoms with Crippen LogP contribution in [-0.2, 0) is 4.79 Å². The number of halogens is 1. The largest absolute Gasteiger partial charge is 0.352 e. The van der Waals surface area contributed by atoms with E-state index in [0.29, 0.717) is 23.1 Å². The number of rotatable bonds is 7. The van der Waals surface area contributed by atoms with Crippen LogP contribution in [0, 0.1) is 20.8 Å². The smallest absolute Gasteiger partial charge is 0.226 e. The molecule has 0 radical (unpaired) electrons. The highest BCUT2D eigenvalue weighted by molar-refractivity contribution is 7.80. The van der Waals surface area contributed by atoms with Gasteiger partial charge in [0.05, 0.1) is 17.8 Å². The minimum Gasteiger partial charge on any atom is -0.352 e. The fourth-order valence-corrected chi connectivity index (χ4v) is 5.73. The highest BCUT2D eigenvalue weighted by atomic mass is 35.5. The van der Waals surface area contributed by atoms with Crippen LogP contribution in [0.3, 0.4) is 0 Å². The lowest BCUT2D eigenvalue weighted by Gasteiger charge is -2.28. The van der Waals surface area contributed by atoms with Gasteiger partial charge in [-0.2, -0.15) is 0 Å². The van der Waals surface area contributed by atoms with Crippen molar-refractivity contribution in [3.8, 4) is 5.69 Å². The van der Waals surface area contributed by atoms with Crippen LogP contribution in [0.5, 0.6) is 0 Å². The molecule has 0 spiro atoms. The second-order valence-corrected chi connectivity index (χ2v) is 10.4. The number of carbonyl (C=O) groups is 1. The maximum absolute atomic E-state index is 12.8. The predicted octanol–water partition coefficient (Wildman–Crippen LogP) is 6.45. The average molecular weight is 544 g/mol. The lowest BCUT2D eigenvalue weighted by Crippen LogP contribution is -2.32. The first kappa shape index (κ1) is 25.9. The van der Waals surface area contributed by atoms with Gasteiger partial charge in [-0.3, -0.25) is 9.78 Å². The van der Waals surface area contributed by atoms with Gasteiger partial charge in [-0.05, 0) is 86.6 Å².